The van der Waals surface area contributed by atoms with Gasteiger partial charge in [0.2, 0.25) is 0 Å². The van der Waals surface area contributed by atoms with Crippen LogP contribution < -0.4 is 5.63 Å². The van der Waals surface area contributed by atoms with E-state index in [1.807, 2.05) is 23.6 Å². The van der Waals surface area contributed by atoms with Crippen molar-refractivity contribution in [1.82, 2.24) is 14.8 Å². The quantitative estimate of drug-likeness (QED) is 0.285. The molecule has 1 atom stereocenters. The van der Waals surface area contributed by atoms with Gasteiger partial charge in [0, 0.05) is 23.8 Å². The zero-order valence-corrected chi connectivity index (χ0v) is 18.9. The fourth-order valence-electron chi connectivity index (χ4n) is 3.90. The fourth-order valence-corrected chi connectivity index (χ4v) is 5.55. The lowest BCUT2D eigenvalue weighted by molar-refractivity contribution is 0.0953. The minimum absolute atomic E-state index is 0.186. The van der Waals surface area contributed by atoms with Gasteiger partial charge in [-0.2, -0.15) is 0 Å². The molecule has 1 aromatic carbocycles. The molecule has 0 unspecified atom stereocenters. The summed E-state index contributed by atoms with van der Waals surface area (Å²) >= 11 is 3.25. The minimum Gasteiger partial charge on any atom is -0.423 e. The zero-order chi connectivity index (χ0) is 21.2. The molecular formula is C23H23N3O3S2. The average Bonchev–Trinajstić information content (AvgIpc) is 3.54. The number of hydrogen-bond acceptors (Lipinski definition) is 7. The van der Waals surface area contributed by atoms with E-state index in [9.17, 15) is 4.79 Å². The summed E-state index contributed by atoms with van der Waals surface area (Å²) < 4.78 is 13.5. The fraction of sp³-hybridized carbons (Fsp3) is 0.348. The highest BCUT2D eigenvalue weighted by Gasteiger charge is 2.22. The third-order valence-corrected chi connectivity index (χ3v) is 7.41. The zero-order valence-electron chi connectivity index (χ0n) is 17.2. The van der Waals surface area contributed by atoms with Crippen LogP contribution in [-0.2, 0) is 23.5 Å². The predicted molar refractivity (Wildman–Crippen MR) is 124 cm³/mol. The monoisotopic (exact) mass is 453 g/mol. The summed E-state index contributed by atoms with van der Waals surface area (Å²) in [5.74, 6) is 1.49. The SMILES string of the molecule is CCc1ccc2c(CSc3nnc(-c4cccs4)n3C[C@@H]3CCCO3)cc(=O)oc2c1. The summed E-state index contributed by atoms with van der Waals surface area (Å²) in [4.78, 5) is 13.2. The maximum absolute atomic E-state index is 12.1. The number of aryl methyl sites for hydroxylation is 1. The molecule has 0 amide bonds. The third-order valence-electron chi connectivity index (χ3n) is 5.53. The van der Waals surface area contributed by atoms with Crippen LogP contribution >= 0.6 is 23.1 Å². The highest BCUT2D eigenvalue weighted by atomic mass is 32.2. The van der Waals surface area contributed by atoms with Crippen molar-refractivity contribution in [2.75, 3.05) is 6.61 Å². The summed E-state index contributed by atoms with van der Waals surface area (Å²) in [6.07, 6.45) is 3.23. The van der Waals surface area contributed by atoms with Crippen molar-refractivity contribution in [3.05, 3.63) is 63.3 Å². The highest BCUT2D eigenvalue weighted by Crippen LogP contribution is 2.31. The van der Waals surface area contributed by atoms with Gasteiger partial charge in [0.1, 0.15) is 5.58 Å². The molecule has 160 valence electrons. The van der Waals surface area contributed by atoms with Crippen molar-refractivity contribution in [2.45, 2.75) is 49.7 Å². The Kier molecular flexibility index (Phi) is 5.93. The van der Waals surface area contributed by atoms with Crippen LogP contribution in [0.15, 0.2) is 56.1 Å². The van der Waals surface area contributed by atoms with E-state index in [1.54, 1.807) is 29.2 Å². The van der Waals surface area contributed by atoms with Crippen molar-refractivity contribution in [1.29, 1.82) is 0 Å². The Labute approximate surface area is 188 Å². The van der Waals surface area contributed by atoms with Crippen molar-refractivity contribution in [2.24, 2.45) is 0 Å². The van der Waals surface area contributed by atoms with Gasteiger partial charge in [-0.05, 0) is 47.9 Å². The van der Waals surface area contributed by atoms with E-state index < -0.39 is 0 Å². The molecule has 5 rings (SSSR count). The van der Waals surface area contributed by atoms with Crippen LogP contribution in [0.2, 0.25) is 0 Å². The maximum Gasteiger partial charge on any atom is 0.336 e. The summed E-state index contributed by atoms with van der Waals surface area (Å²) in [6.45, 7) is 3.64. The standard InChI is InChI=1S/C23H23N3O3S2/c1-2-15-7-8-18-16(12-21(27)29-19(18)11-15)14-31-23-25-24-22(20-6-4-10-30-20)26(23)13-17-5-3-9-28-17/h4,6-8,10-12,17H,2-3,5,9,13-14H2,1H3/t17-/m0/s1. The molecule has 1 aliphatic heterocycles. The molecule has 0 aliphatic carbocycles. The van der Waals surface area contributed by atoms with Gasteiger partial charge in [-0.3, -0.25) is 4.57 Å². The lowest BCUT2D eigenvalue weighted by atomic mass is 10.1. The number of thiophene rings is 1. The van der Waals surface area contributed by atoms with E-state index in [0.717, 1.165) is 64.8 Å². The molecule has 1 aliphatic rings. The summed E-state index contributed by atoms with van der Waals surface area (Å²) in [6, 6.07) is 11.8. The second-order valence-corrected chi connectivity index (χ2v) is 9.48. The molecule has 0 spiro atoms. The predicted octanol–water partition coefficient (Wildman–Crippen LogP) is 5.15. The number of aromatic nitrogens is 3. The van der Waals surface area contributed by atoms with Gasteiger partial charge in [0.05, 0.1) is 17.5 Å². The van der Waals surface area contributed by atoms with Gasteiger partial charge in [-0.25, -0.2) is 4.79 Å². The second-order valence-electron chi connectivity index (χ2n) is 7.59. The first kappa shape index (κ1) is 20.5. The number of nitrogens with zero attached hydrogens (tertiary/aromatic N) is 3. The van der Waals surface area contributed by atoms with Gasteiger partial charge in [0.25, 0.3) is 0 Å². The van der Waals surface area contributed by atoms with E-state index in [4.69, 9.17) is 9.15 Å². The lowest BCUT2D eigenvalue weighted by Crippen LogP contribution is -2.16. The van der Waals surface area contributed by atoms with E-state index in [1.165, 1.54) is 0 Å². The van der Waals surface area contributed by atoms with Crippen LogP contribution in [0.1, 0.15) is 30.9 Å². The van der Waals surface area contributed by atoms with Crippen LogP contribution in [-0.4, -0.2) is 27.5 Å². The molecule has 31 heavy (non-hydrogen) atoms. The van der Waals surface area contributed by atoms with Crippen LogP contribution in [0.5, 0.6) is 0 Å². The molecule has 1 fully saturated rings. The van der Waals surface area contributed by atoms with Gasteiger partial charge < -0.3 is 9.15 Å². The topological polar surface area (TPSA) is 70.2 Å². The summed E-state index contributed by atoms with van der Waals surface area (Å²) in [7, 11) is 0. The molecule has 0 radical (unpaired) electrons. The number of rotatable bonds is 7. The van der Waals surface area contributed by atoms with Gasteiger partial charge in [0.15, 0.2) is 11.0 Å². The summed E-state index contributed by atoms with van der Waals surface area (Å²) in [5.41, 5.74) is 2.42. The van der Waals surface area contributed by atoms with Gasteiger partial charge in [-0.1, -0.05) is 36.9 Å². The number of hydrogen-bond donors (Lipinski definition) is 0. The molecule has 4 aromatic rings. The van der Waals surface area contributed by atoms with Crippen LogP contribution in [0, 0.1) is 0 Å². The number of ether oxygens (including phenoxy) is 1. The highest BCUT2D eigenvalue weighted by molar-refractivity contribution is 7.98. The Balaban J connectivity index is 1.46. The smallest absolute Gasteiger partial charge is 0.336 e. The van der Waals surface area contributed by atoms with E-state index in [2.05, 4.69) is 33.8 Å². The Morgan fingerprint density at radius 1 is 1.26 bits per heavy atom. The first-order valence-corrected chi connectivity index (χ1v) is 12.3. The first-order valence-electron chi connectivity index (χ1n) is 10.5. The van der Waals surface area contributed by atoms with Crippen LogP contribution in [0.3, 0.4) is 0 Å². The second kappa shape index (κ2) is 8.98. The lowest BCUT2D eigenvalue weighted by Gasteiger charge is -2.14. The van der Waals surface area contributed by atoms with Crippen molar-refractivity contribution in [3.63, 3.8) is 0 Å². The van der Waals surface area contributed by atoms with Crippen LogP contribution in [0.4, 0.5) is 0 Å². The van der Waals surface area contributed by atoms with Crippen molar-refractivity contribution >= 4 is 34.1 Å². The summed E-state index contributed by atoms with van der Waals surface area (Å²) in [5, 5.41) is 12.8. The molecule has 4 heterocycles. The Bertz CT molecular complexity index is 1240. The Morgan fingerprint density at radius 3 is 2.97 bits per heavy atom. The van der Waals surface area contributed by atoms with Crippen molar-refractivity contribution in [3.8, 4) is 10.7 Å². The Hall–Kier alpha value is -2.42. The molecule has 0 saturated carbocycles. The molecule has 0 N–H and O–H groups in total. The molecular weight excluding hydrogens is 430 g/mol. The van der Waals surface area contributed by atoms with E-state index in [0.29, 0.717) is 11.3 Å². The van der Waals surface area contributed by atoms with E-state index >= 15 is 0 Å². The van der Waals surface area contributed by atoms with Crippen LogP contribution in [0.25, 0.3) is 21.7 Å². The first-order chi connectivity index (χ1) is 15.2. The molecule has 1 saturated heterocycles. The number of benzene rings is 1. The third kappa shape index (κ3) is 4.33. The molecule has 3 aromatic heterocycles. The van der Waals surface area contributed by atoms with Gasteiger partial charge in [-0.15, -0.1) is 21.5 Å². The normalized spacial score (nSPS) is 16.4. The van der Waals surface area contributed by atoms with E-state index in [-0.39, 0.29) is 11.7 Å². The Morgan fingerprint density at radius 2 is 2.19 bits per heavy atom. The largest absolute Gasteiger partial charge is 0.423 e. The maximum atomic E-state index is 12.1. The number of fused-ring (bicyclic) bond motifs is 1. The molecule has 6 nitrogen and oxygen atoms in total. The average molecular weight is 454 g/mol. The molecule has 0 bridgehead atoms. The van der Waals surface area contributed by atoms with Gasteiger partial charge >= 0.3 is 5.63 Å². The number of thioether (sulfide) groups is 1. The minimum atomic E-state index is -0.323. The van der Waals surface area contributed by atoms with Crippen molar-refractivity contribution < 1.29 is 9.15 Å². The molecule has 8 heteroatoms.